The number of halogens is 4. The van der Waals surface area contributed by atoms with Crippen LogP contribution in [0.2, 0.25) is 5.02 Å². The Balaban J connectivity index is 2.72. The van der Waals surface area contributed by atoms with Gasteiger partial charge in [0.25, 0.3) is 5.92 Å². The van der Waals surface area contributed by atoms with Crippen LogP contribution in [-0.2, 0) is 10.7 Å². The quantitative estimate of drug-likeness (QED) is 0.836. The fourth-order valence-corrected chi connectivity index (χ4v) is 2.19. The molecule has 0 unspecified atom stereocenters. The number of alkyl carbamates (subject to hydrolysis) is 1. The van der Waals surface area contributed by atoms with Crippen molar-refractivity contribution in [2.45, 2.75) is 32.3 Å². The molecule has 0 aromatic heterocycles. The molecule has 1 aromatic rings. The summed E-state index contributed by atoms with van der Waals surface area (Å²) in [5, 5.41) is 1.96. The summed E-state index contributed by atoms with van der Waals surface area (Å²) in [4.78, 5) is 11.4. The molecule has 0 spiro atoms. The summed E-state index contributed by atoms with van der Waals surface area (Å²) in [6.45, 7) is 4.06. The maximum atomic E-state index is 14.0. The number of alkyl halides is 2. The van der Waals surface area contributed by atoms with Gasteiger partial charge in [0.15, 0.2) is 0 Å². The standard InChI is InChI=1S/C13H15BrClF2NO2/c1-12(2,3)20-11(19)18-7-13(16,17)9-5-4-8(14)6-10(9)15/h4-6H,7H2,1-3H3,(H,18,19). The summed E-state index contributed by atoms with van der Waals surface area (Å²) in [7, 11) is 0. The van der Waals surface area contributed by atoms with Crippen molar-refractivity contribution in [3.63, 3.8) is 0 Å². The first-order valence-corrected chi connectivity index (χ1v) is 6.98. The zero-order chi connectivity index (χ0) is 15.6. The average molecular weight is 371 g/mol. The zero-order valence-electron chi connectivity index (χ0n) is 11.3. The lowest BCUT2D eigenvalue weighted by molar-refractivity contribution is -0.00904. The van der Waals surface area contributed by atoms with Crippen LogP contribution in [0.5, 0.6) is 0 Å². The van der Waals surface area contributed by atoms with Crippen LogP contribution in [0, 0.1) is 0 Å². The van der Waals surface area contributed by atoms with Crippen molar-refractivity contribution in [2.75, 3.05) is 6.54 Å². The predicted octanol–water partition coefficient (Wildman–Crippen LogP) is 4.72. The van der Waals surface area contributed by atoms with Crippen LogP contribution in [0.1, 0.15) is 26.3 Å². The predicted molar refractivity (Wildman–Crippen MR) is 77.3 cm³/mol. The minimum Gasteiger partial charge on any atom is -0.444 e. The van der Waals surface area contributed by atoms with Gasteiger partial charge >= 0.3 is 6.09 Å². The monoisotopic (exact) mass is 369 g/mol. The summed E-state index contributed by atoms with van der Waals surface area (Å²) >= 11 is 8.92. The van der Waals surface area contributed by atoms with E-state index in [-0.39, 0.29) is 10.6 Å². The van der Waals surface area contributed by atoms with Crippen LogP contribution >= 0.6 is 27.5 Å². The van der Waals surface area contributed by atoms with Gasteiger partial charge in [-0.3, -0.25) is 0 Å². The van der Waals surface area contributed by atoms with Crippen molar-refractivity contribution in [2.24, 2.45) is 0 Å². The number of hydrogen-bond acceptors (Lipinski definition) is 2. The highest BCUT2D eigenvalue weighted by Gasteiger charge is 2.34. The molecule has 0 heterocycles. The fourth-order valence-electron chi connectivity index (χ4n) is 1.38. The number of amides is 1. The highest BCUT2D eigenvalue weighted by atomic mass is 79.9. The molecule has 0 saturated heterocycles. The van der Waals surface area contributed by atoms with Gasteiger partial charge in [-0.2, -0.15) is 8.78 Å². The first kappa shape index (κ1) is 17.2. The maximum Gasteiger partial charge on any atom is 0.407 e. The molecule has 0 fully saturated rings. The molecule has 1 rings (SSSR count). The first-order chi connectivity index (χ1) is 9.01. The number of carbonyl (C=O) groups excluding carboxylic acids is 1. The van der Waals surface area contributed by atoms with Gasteiger partial charge in [-0.05, 0) is 32.9 Å². The molecule has 0 aliphatic carbocycles. The number of benzene rings is 1. The van der Waals surface area contributed by atoms with Crippen molar-refractivity contribution in [3.8, 4) is 0 Å². The Hall–Kier alpha value is -0.880. The topological polar surface area (TPSA) is 38.3 Å². The van der Waals surface area contributed by atoms with Crippen molar-refractivity contribution in [1.82, 2.24) is 5.32 Å². The van der Waals surface area contributed by atoms with Crippen molar-refractivity contribution >= 4 is 33.6 Å². The Labute approximate surface area is 129 Å². The number of rotatable bonds is 3. The lowest BCUT2D eigenvalue weighted by atomic mass is 10.1. The number of nitrogens with one attached hydrogen (secondary N) is 1. The fraction of sp³-hybridized carbons (Fsp3) is 0.462. The van der Waals surface area contributed by atoms with Crippen LogP contribution in [0.25, 0.3) is 0 Å². The second-order valence-corrected chi connectivity index (χ2v) is 6.51. The third-order valence-electron chi connectivity index (χ3n) is 2.18. The molecule has 0 aliphatic rings. The molecular weight excluding hydrogens is 356 g/mol. The molecule has 20 heavy (non-hydrogen) atoms. The van der Waals surface area contributed by atoms with Crippen molar-refractivity contribution < 1.29 is 18.3 Å². The lowest BCUT2D eigenvalue weighted by Gasteiger charge is -2.22. The molecule has 0 saturated carbocycles. The van der Waals surface area contributed by atoms with E-state index in [9.17, 15) is 13.6 Å². The van der Waals surface area contributed by atoms with E-state index in [1.54, 1.807) is 20.8 Å². The minimum absolute atomic E-state index is 0.0737. The second kappa shape index (κ2) is 6.26. The van der Waals surface area contributed by atoms with Crippen LogP contribution in [-0.4, -0.2) is 18.2 Å². The van der Waals surface area contributed by atoms with Crippen LogP contribution < -0.4 is 5.32 Å². The third kappa shape index (κ3) is 5.25. The van der Waals surface area contributed by atoms with Crippen LogP contribution in [0.3, 0.4) is 0 Å². The van der Waals surface area contributed by atoms with E-state index >= 15 is 0 Å². The molecule has 0 radical (unpaired) electrons. The lowest BCUT2D eigenvalue weighted by Crippen LogP contribution is -2.38. The normalized spacial score (nSPS) is 12.2. The largest absolute Gasteiger partial charge is 0.444 e. The number of hydrogen-bond donors (Lipinski definition) is 1. The van der Waals surface area contributed by atoms with Gasteiger partial charge in [0.2, 0.25) is 0 Å². The Morgan fingerprint density at radius 3 is 2.50 bits per heavy atom. The molecule has 1 N–H and O–H groups in total. The smallest absolute Gasteiger partial charge is 0.407 e. The van der Waals surface area contributed by atoms with Gasteiger partial charge in [-0.15, -0.1) is 0 Å². The van der Waals surface area contributed by atoms with Crippen LogP contribution in [0.4, 0.5) is 13.6 Å². The Kier molecular flexibility index (Phi) is 5.38. The van der Waals surface area contributed by atoms with E-state index in [4.69, 9.17) is 16.3 Å². The molecule has 3 nitrogen and oxygen atoms in total. The summed E-state index contributed by atoms with van der Waals surface area (Å²) in [5.41, 5.74) is -1.09. The second-order valence-electron chi connectivity index (χ2n) is 5.18. The van der Waals surface area contributed by atoms with E-state index in [0.29, 0.717) is 4.47 Å². The molecule has 1 amide bonds. The Bertz CT molecular complexity index is 504. The molecular formula is C13H15BrClF2NO2. The number of ether oxygens (including phenoxy) is 1. The van der Waals surface area contributed by atoms with Gasteiger partial charge in [0, 0.05) is 10.0 Å². The number of carbonyl (C=O) groups is 1. The van der Waals surface area contributed by atoms with E-state index in [0.717, 1.165) is 0 Å². The van der Waals surface area contributed by atoms with Gasteiger partial charge < -0.3 is 10.1 Å². The molecule has 0 aliphatic heterocycles. The molecule has 0 atom stereocenters. The highest BCUT2D eigenvalue weighted by molar-refractivity contribution is 9.10. The maximum absolute atomic E-state index is 14.0. The average Bonchev–Trinajstić information content (AvgIpc) is 2.23. The van der Waals surface area contributed by atoms with Crippen LogP contribution in [0.15, 0.2) is 22.7 Å². The van der Waals surface area contributed by atoms with E-state index in [2.05, 4.69) is 15.9 Å². The van der Waals surface area contributed by atoms with Gasteiger partial charge in [0.1, 0.15) is 5.60 Å². The molecule has 0 bridgehead atoms. The molecule has 112 valence electrons. The van der Waals surface area contributed by atoms with E-state index in [1.807, 2.05) is 5.32 Å². The summed E-state index contributed by atoms with van der Waals surface area (Å²) in [5.74, 6) is -3.28. The minimum atomic E-state index is -3.28. The third-order valence-corrected chi connectivity index (χ3v) is 2.98. The Morgan fingerprint density at radius 2 is 2.00 bits per heavy atom. The first-order valence-electron chi connectivity index (χ1n) is 5.81. The van der Waals surface area contributed by atoms with Gasteiger partial charge in [-0.1, -0.05) is 33.6 Å². The van der Waals surface area contributed by atoms with Crippen molar-refractivity contribution in [1.29, 1.82) is 0 Å². The Morgan fingerprint density at radius 1 is 1.40 bits per heavy atom. The highest BCUT2D eigenvalue weighted by Crippen LogP contribution is 2.34. The van der Waals surface area contributed by atoms with Crippen molar-refractivity contribution in [3.05, 3.63) is 33.3 Å². The summed E-state index contributed by atoms with van der Waals surface area (Å²) in [6.07, 6.45) is -0.898. The van der Waals surface area contributed by atoms with E-state index < -0.39 is 24.2 Å². The summed E-state index contributed by atoms with van der Waals surface area (Å²) in [6, 6.07) is 4.05. The molecule has 1 aromatic carbocycles. The summed E-state index contributed by atoms with van der Waals surface area (Å²) < 4.78 is 33.4. The SMILES string of the molecule is CC(C)(C)OC(=O)NCC(F)(F)c1ccc(Br)cc1Cl. The zero-order valence-corrected chi connectivity index (χ0v) is 13.6. The van der Waals surface area contributed by atoms with Gasteiger partial charge in [0.05, 0.1) is 11.6 Å². The van der Waals surface area contributed by atoms with E-state index in [1.165, 1.54) is 18.2 Å². The molecule has 7 heteroatoms. The van der Waals surface area contributed by atoms with Gasteiger partial charge in [-0.25, -0.2) is 4.79 Å².